The van der Waals surface area contributed by atoms with Crippen LogP contribution in [0.25, 0.3) is 11.3 Å². The third kappa shape index (κ3) is 2.91. The predicted molar refractivity (Wildman–Crippen MR) is 78.5 cm³/mol. The van der Waals surface area contributed by atoms with Crippen molar-refractivity contribution in [1.82, 2.24) is 15.2 Å². The number of aromatic amines is 1. The fraction of sp³-hybridized carbons (Fsp3) is 0. The molecular weight excluding hydrogens is 315 g/mol. The molecule has 21 heavy (non-hydrogen) atoms. The van der Waals surface area contributed by atoms with Crippen LogP contribution in [0.15, 0.2) is 41.1 Å². The minimum absolute atomic E-state index is 0.123. The van der Waals surface area contributed by atoms with Gasteiger partial charge in [0.25, 0.3) is 5.91 Å². The van der Waals surface area contributed by atoms with Crippen LogP contribution in [0.5, 0.6) is 0 Å². The van der Waals surface area contributed by atoms with Crippen LogP contribution < -0.4 is 5.32 Å². The summed E-state index contributed by atoms with van der Waals surface area (Å²) in [5.41, 5.74) is 0.614. The third-order valence-corrected chi connectivity index (χ3v) is 3.24. The molecule has 0 aliphatic heterocycles. The highest BCUT2D eigenvalue weighted by molar-refractivity contribution is 6.35. The van der Waals surface area contributed by atoms with Crippen LogP contribution in [0.2, 0.25) is 10.0 Å². The highest BCUT2D eigenvalue weighted by atomic mass is 35.5. The van der Waals surface area contributed by atoms with E-state index in [4.69, 9.17) is 27.6 Å². The fourth-order valence-electron chi connectivity index (χ4n) is 1.73. The van der Waals surface area contributed by atoms with E-state index < -0.39 is 5.91 Å². The second-order valence-corrected chi connectivity index (χ2v) is 4.92. The second kappa shape index (κ2) is 5.59. The summed E-state index contributed by atoms with van der Waals surface area (Å²) in [6.07, 6.45) is 1.29. The lowest BCUT2D eigenvalue weighted by Crippen LogP contribution is -2.11. The summed E-state index contributed by atoms with van der Waals surface area (Å²) in [5, 5.41) is 9.67. The van der Waals surface area contributed by atoms with Crippen molar-refractivity contribution in [3.63, 3.8) is 0 Å². The van der Waals surface area contributed by atoms with Crippen molar-refractivity contribution in [2.75, 3.05) is 5.32 Å². The molecule has 3 rings (SSSR count). The van der Waals surface area contributed by atoms with Gasteiger partial charge in [0.1, 0.15) is 12.1 Å². The number of aromatic nitrogens is 3. The summed E-state index contributed by atoms with van der Waals surface area (Å²) < 4.78 is 5.50. The van der Waals surface area contributed by atoms with Crippen LogP contribution in [0.1, 0.15) is 10.6 Å². The summed E-state index contributed by atoms with van der Waals surface area (Å²) in [5.74, 6) is 0.359. The number of benzene rings is 1. The number of rotatable bonds is 3. The number of amides is 1. The molecule has 0 saturated heterocycles. The van der Waals surface area contributed by atoms with Crippen LogP contribution in [-0.2, 0) is 0 Å². The standard InChI is InChI=1S/C13H8Cl2N4O2/c14-7-1-2-9(15)8(5-7)10-3-4-11(21-10)12(20)18-13-16-6-17-19-13/h1-6H,(H2,16,17,18,19,20). The van der Waals surface area contributed by atoms with Crippen molar-refractivity contribution in [1.29, 1.82) is 0 Å². The Labute approximate surface area is 129 Å². The van der Waals surface area contributed by atoms with E-state index in [-0.39, 0.29) is 11.7 Å². The van der Waals surface area contributed by atoms with Gasteiger partial charge in [-0.05, 0) is 30.3 Å². The summed E-state index contributed by atoms with van der Waals surface area (Å²) in [7, 11) is 0. The van der Waals surface area contributed by atoms with E-state index in [1.807, 2.05) is 0 Å². The molecule has 0 unspecified atom stereocenters. The topological polar surface area (TPSA) is 83.8 Å². The van der Waals surface area contributed by atoms with E-state index in [1.165, 1.54) is 12.4 Å². The molecule has 1 amide bonds. The van der Waals surface area contributed by atoms with Crippen LogP contribution in [0.3, 0.4) is 0 Å². The minimum Gasteiger partial charge on any atom is -0.451 e. The molecule has 2 N–H and O–H groups in total. The highest BCUT2D eigenvalue weighted by Crippen LogP contribution is 2.31. The molecule has 3 aromatic rings. The van der Waals surface area contributed by atoms with E-state index in [0.717, 1.165) is 0 Å². The molecule has 0 saturated carbocycles. The number of anilines is 1. The third-order valence-electron chi connectivity index (χ3n) is 2.67. The zero-order valence-electron chi connectivity index (χ0n) is 10.4. The Morgan fingerprint density at radius 3 is 2.86 bits per heavy atom. The van der Waals surface area contributed by atoms with Gasteiger partial charge in [0.2, 0.25) is 5.95 Å². The van der Waals surface area contributed by atoms with Gasteiger partial charge in [-0.15, -0.1) is 0 Å². The van der Waals surface area contributed by atoms with Crippen molar-refractivity contribution in [3.8, 4) is 11.3 Å². The monoisotopic (exact) mass is 322 g/mol. The quantitative estimate of drug-likeness (QED) is 0.771. The number of hydrogen-bond acceptors (Lipinski definition) is 4. The Balaban J connectivity index is 1.86. The van der Waals surface area contributed by atoms with Gasteiger partial charge < -0.3 is 4.42 Å². The molecule has 0 bridgehead atoms. The van der Waals surface area contributed by atoms with Crippen LogP contribution in [0.4, 0.5) is 5.95 Å². The van der Waals surface area contributed by atoms with Crippen LogP contribution in [0, 0.1) is 0 Å². The fourth-order valence-corrected chi connectivity index (χ4v) is 2.11. The zero-order valence-corrected chi connectivity index (χ0v) is 11.9. The number of halogens is 2. The summed E-state index contributed by atoms with van der Waals surface area (Å²) in [6.45, 7) is 0. The van der Waals surface area contributed by atoms with Crippen LogP contribution in [-0.4, -0.2) is 21.1 Å². The molecule has 8 heteroatoms. The number of H-pyrrole nitrogens is 1. The Morgan fingerprint density at radius 2 is 2.10 bits per heavy atom. The van der Waals surface area contributed by atoms with Gasteiger partial charge >= 0.3 is 0 Å². The Kier molecular flexibility index (Phi) is 3.64. The molecular formula is C13H8Cl2N4O2. The molecule has 1 aromatic carbocycles. The predicted octanol–water partition coefficient (Wildman–Crippen LogP) is 3.62. The maximum absolute atomic E-state index is 12.0. The first kappa shape index (κ1) is 13.7. The zero-order chi connectivity index (χ0) is 14.8. The first-order valence-corrected chi connectivity index (χ1v) is 6.61. The van der Waals surface area contributed by atoms with Gasteiger partial charge in [0.15, 0.2) is 5.76 Å². The van der Waals surface area contributed by atoms with Crippen molar-refractivity contribution >= 4 is 35.1 Å². The Hall–Kier alpha value is -2.31. The molecule has 106 valence electrons. The van der Waals surface area contributed by atoms with E-state index in [9.17, 15) is 4.79 Å². The van der Waals surface area contributed by atoms with Crippen molar-refractivity contribution in [3.05, 3.63) is 52.5 Å². The number of carbonyl (C=O) groups is 1. The van der Waals surface area contributed by atoms with E-state index in [2.05, 4.69) is 20.5 Å². The number of carbonyl (C=O) groups excluding carboxylic acids is 1. The van der Waals surface area contributed by atoms with Crippen molar-refractivity contribution in [2.45, 2.75) is 0 Å². The molecule has 0 aliphatic rings. The van der Waals surface area contributed by atoms with Crippen molar-refractivity contribution in [2.24, 2.45) is 0 Å². The Morgan fingerprint density at radius 1 is 1.24 bits per heavy atom. The molecule has 0 fully saturated rings. The van der Waals surface area contributed by atoms with Gasteiger partial charge in [-0.25, -0.2) is 5.10 Å². The van der Waals surface area contributed by atoms with Gasteiger partial charge in [-0.2, -0.15) is 10.1 Å². The molecule has 0 atom stereocenters. The number of nitrogens with one attached hydrogen (secondary N) is 2. The lowest BCUT2D eigenvalue weighted by atomic mass is 10.2. The van der Waals surface area contributed by atoms with Crippen LogP contribution >= 0.6 is 23.2 Å². The van der Waals surface area contributed by atoms with Gasteiger partial charge in [-0.1, -0.05) is 23.2 Å². The summed E-state index contributed by atoms with van der Waals surface area (Å²) in [6, 6.07) is 8.19. The first-order valence-electron chi connectivity index (χ1n) is 5.85. The molecule has 0 aliphatic carbocycles. The molecule has 2 heterocycles. The molecule has 2 aromatic heterocycles. The molecule has 0 radical (unpaired) electrons. The van der Waals surface area contributed by atoms with Gasteiger partial charge in [0.05, 0.1) is 5.02 Å². The number of hydrogen-bond donors (Lipinski definition) is 2. The smallest absolute Gasteiger partial charge is 0.293 e. The maximum atomic E-state index is 12.0. The van der Waals surface area contributed by atoms with E-state index >= 15 is 0 Å². The Bertz CT molecular complexity index is 783. The molecule has 6 nitrogen and oxygen atoms in total. The maximum Gasteiger partial charge on any atom is 0.293 e. The number of furan rings is 1. The summed E-state index contributed by atoms with van der Waals surface area (Å²) in [4.78, 5) is 15.8. The number of nitrogens with zero attached hydrogens (tertiary/aromatic N) is 2. The second-order valence-electron chi connectivity index (χ2n) is 4.08. The van der Waals surface area contributed by atoms with Crippen molar-refractivity contribution < 1.29 is 9.21 Å². The summed E-state index contributed by atoms with van der Waals surface area (Å²) >= 11 is 12.0. The average Bonchev–Trinajstić information content (AvgIpc) is 3.12. The van der Waals surface area contributed by atoms with Gasteiger partial charge in [0, 0.05) is 10.6 Å². The average molecular weight is 323 g/mol. The minimum atomic E-state index is -0.448. The van der Waals surface area contributed by atoms with E-state index in [1.54, 1.807) is 24.3 Å². The SMILES string of the molecule is O=C(Nc1ncn[nH]1)c1ccc(-c2cc(Cl)ccc2Cl)o1. The first-order chi connectivity index (χ1) is 10.1. The lowest BCUT2D eigenvalue weighted by molar-refractivity contribution is 0.0996. The lowest BCUT2D eigenvalue weighted by Gasteiger charge is -2.01. The van der Waals surface area contributed by atoms with Gasteiger partial charge in [-0.3, -0.25) is 10.1 Å². The molecule has 0 spiro atoms. The van der Waals surface area contributed by atoms with E-state index in [0.29, 0.717) is 21.4 Å². The highest BCUT2D eigenvalue weighted by Gasteiger charge is 2.15. The largest absolute Gasteiger partial charge is 0.451 e. The normalized spacial score (nSPS) is 10.6.